The number of carbonyl (C=O) groups excluding carboxylic acids is 1. The van der Waals surface area contributed by atoms with Gasteiger partial charge in [0.1, 0.15) is 5.60 Å². The van der Waals surface area contributed by atoms with Crippen molar-refractivity contribution in [3.8, 4) is 17.4 Å². The summed E-state index contributed by atoms with van der Waals surface area (Å²) in [5, 5.41) is 17.7. The van der Waals surface area contributed by atoms with Crippen molar-refractivity contribution < 1.29 is 24.1 Å². The molecule has 1 amide bonds. The van der Waals surface area contributed by atoms with Gasteiger partial charge in [-0.25, -0.2) is 4.98 Å². The van der Waals surface area contributed by atoms with Crippen LogP contribution in [-0.2, 0) is 6.42 Å². The number of rotatable bonds is 9. The van der Waals surface area contributed by atoms with Crippen molar-refractivity contribution in [3.63, 3.8) is 0 Å². The van der Waals surface area contributed by atoms with E-state index in [4.69, 9.17) is 19.2 Å². The van der Waals surface area contributed by atoms with E-state index in [1.807, 2.05) is 6.20 Å². The van der Waals surface area contributed by atoms with Crippen molar-refractivity contribution in [1.29, 1.82) is 0 Å². The molecule has 1 aromatic heterocycles. The normalized spacial score (nSPS) is 20.6. The number of amides is 1. The number of hydrogen-bond donors (Lipinski definition) is 3. The topological polar surface area (TPSA) is 102 Å². The summed E-state index contributed by atoms with van der Waals surface area (Å²) in [4.78, 5) is 17.8. The van der Waals surface area contributed by atoms with Gasteiger partial charge in [0.05, 0.1) is 17.7 Å². The van der Waals surface area contributed by atoms with Crippen LogP contribution in [0, 0.1) is 5.41 Å². The Morgan fingerprint density at radius 2 is 2.13 bits per heavy atom. The van der Waals surface area contributed by atoms with E-state index in [1.165, 1.54) is 5.56 Å². The maximum absolute atomic E-state index is 13.1. The summed E-state index contributed by atoms with van der Waals surface area (Å²) in [6, 6.07) is 6.89. The van der Waals surface area contributed by atoms with Crippen LogP contribution < -0.4 is 24.8 Å². The fourth-order valence-electron chi connectivity index (χ4n) is 5.60. The van der Waals surface area contributed by atoms with E-state index in [2.05, 4.69) is 44.1 Å². The number of aliphatic hydroxyl groups excluding tert-OH is 1. The van der Waals surface area contributed by atoms with Crippen molar-refractivity contribution in [2.45, 2.75) is 83.1 Å². The molecule has 38 heavy (non-hydrogen) atoms. The van der Waals surface area contributed by atoms with Crippen LogP contribution in [0.2, 0.25) is 0 Å². The van der Waals surface area contributed by atoms with Crippen LogP contribution in [0.1, 0.15) is 80.4 Å². The maximum atomic E-state index is 13.1. The van der Waals surface area contributed by atoms with Crippen molar-refractivity contribution in [2.75, 3.05) is 13.3 Å². The van der Waals surface area contributed by atoms with Gasteiger partial charge < -0.3 is 30.0 Å². The number of nitrogens with one attached hydrogen (secondary N) is 2. The summed E-state index contributed by atoms with van der Waals surface area (Å²) in [5.74, 6) is 1.34. The van der Waals surface area contributed by atoms with Gasteiger partial charge in [0.2, 0.25) is 12.7 Å². The lowest BCUT2D eigenvalue weighted by Crippen LogP contribution is -2.52. The fraction of sp³-hybridized carbons (Fsp3) is 0.533. The summed E-state index contributed by atoms with van der Waals surface area (Å²) in [5.41, 5.74) is 2.56. The Kier molecular flexibility index (Phi) is 7.38. The molecule has 0 bridgehead atoms. The number of benzene rings is 1. The summed E-state index contributed by atoms with van der Waals surface area (Å²) >= 11 is 0. The maximum Gasteiger partial charge on any atom is 0.255 e. The Morgan fingerprint density at radius 1 is 1.32 bits per heavy atom. The van der Waals surface area contributed by atoms with Crippen LogP contribution >= 0.6 is 0 Å². The number of aromatic nitrogens is 1. The molecule has 0 unspecified atom stereocenters. The summed E-state index contributed by atoms with van der Waals surface area (Å²) in [7, 11) is 0. The van der Waals surface area contributed by atoms with Gasteiger partial charge in [-0.1, -0.05) is 32.9 Å². The Morgan fingerprint density at radius 3 is 2.84 bits per heavy atom. The quantitative estimate of drug-likeness (QED) is 0.419. The molecule has 3 atom stereocenters. The Labute approximate surface area is 224 Å². The molecule has 5 rings (SSSR count). The first-order valence-corrected chi connectivity index (χ1v) is 13.6. The van der Waals surface area contributed by atoms with Gasteiger partial charge in [0, 0.05) is 30.8 Å². The second-order valence-corrected chi connectivity index (χ2v) is 12.0. The molecule has 2 aromatic rings. The molecule has 1 aliphatic carbocycles. The highest BCUT2D eigenvalue weighted by atomic mass is 16.7. The van der Waals surface area contributed by atoms with E-state index < -0.39 is 12.1 Å². The average molecular weight is 522 g/mol. The van der Waals surface area contributed by atoms with E-state index in [0.717, 1.165) is 37.7 Å². The zero-order valence-corrected chi connectivity index (χ0v) is 22.6. The standard InChI is InChI=1S/C30H39N3O5/c1-5-8-22(33-27(35)20-9-6-10-25-26(20)37-18-36-25)24(34)17-31-23-15-30(11-7-12-30)38-28-21(23)13-19(16-32-28)14-29(2,3)4/h5-6,9-10,13,16,22-24,31,34H,1,7-8,11-12,14-15,17-18H2,2-4H3,(H,33,35)/t22-,23-,24+/m0/s1. The van der Waals surface area contributed by atoms with Gasteiger partial charge in [0.15, 0.2) is 11.5 Å². The summed E-state index contributed by atoms with van der Waals surface area (Å²) in [6.45, 7) is 10.9. The number of para-hydroxylation sites is 1. The van der Waals surface area contributed by atoms with Crippen molar-refractivity contribution in [1.82, 2.24) is 15.6 Å². The molecule has 2 aliphatic heterocycles. The first-order valence-electron chi connectivity index (χ1n) is 13.6. The lowest BCUT2D eigenvalue weighted by Gasteiger charge is -2.47. The third-order valence-electron chi connectivity index (χ3n) is 7.62. The van der Waals surface area contributed by atoms with Crippen molar-refractivity contribution in [3.05, 3.63) is 59.8 Å². The number of aliphatic hydroxyl groups is 1. The molecule has 204 valence electrons. The number of pyridine rings is 1. The molecule has 3 aliphatic rings. The van der Waals surface area contributed by atoms with Crippen LogP contribution in [0.25, 0.3) is 0 Å². The van der Waals surface area contributed by atoms with Crippen LogP contribution in [0.4, 0.5) is 0 Å². The van der Waals surface area contributed by atoms with Gasteiger partial charge in [-0.05, 0) is 61.3 Å². The zero-order chi connectivity index (χ0) is 26.9. The molecule has 3 heterocycles. The molecule has 1 spiro atoms. The number of nitrogens with zero attached hydrogens (tertiary/aromatic N) is 1. The van der Waals surface area contributed by atoms with Gasteiger partial charge in [0.25, 0.3) is 5.91 Å². The minimum atomic E-state index is -0.833. The van der Waals surface area contributed by atoms with Gasteiger partial charge in [-0.15, -0.1) is 6.58 Å². The SMILES string of the molecule is C=CC[C@H](NC(=O)c1cccc2c1OCO2)[C@H](O)CN[C@H]1CC2(CCC2)Oc2ncc(CC(C)(C)C)cc21. The third kappa shape index (κ3) is 5.66. The number of ether oxygens (including phenoxy) is 3. The molecule has 1 aromatic carbocycles. The van der Waals surface area contributed by atoms with Crippen molar-refractivity contribution >= 4 is 5.91 Å². The zero-order valence-electron chi connectivity index (χ0n) is 22.6. The molecule has 0 radical (unpaired) electrons. The highest BCUT2D eigenvalue weighted by molar-refractivity contribution is 5.98. The molecular weight excluding hydrogens is 482 g/mol. The highest BCUT2D eigenvalue weighted by Crippen LogP contribution is 2.48. The largest absolute Gasteiger partial charge is 0.471 e. The minimum absolute atomic E-state index is 0.00384. The molecule has 1 saturated carbocycles. The molecule has 1 fully saturated rings. The van der Waals surface area contributed by atoms with Gasteiger partial charge in [-0.2, -0.15) is 0 Å². The van der Waals surface area contributed by atoms with Gasteiger partial charge >= 0.3 is 0 Å². The van der Waals surface area contributed by atoms with Crippen molar-refractivity contribution in [2.24, 2.45) is 5.41 Å². The lowest BCUT2D eigenvalue weighted by molar-refractivity contribution is -0.0420. The molecule has 3 N–H and O–H groups in total. The smallest absolute Gasteiger partial charge is 0.255 e. The van der Waals surface area contributed by atoms with E-state index in [0.29, 0.717) is 35.9 Å². The highest BCUT2D eigenvalue weighted by Gasteiger charge is 2.46. The number of carbonyl (C=O) groups is 1. The van der Waals surface area contributed by atoms with Crippen LogP contribution in [-0.4, -0.2) is 47.1 Å². The minimum Gasteiger partial charge on any atom is -0.471 e. The van der Waals surface area contributed by atoms with Crippen LogP contribution in [0.15, 0.2) is 43.1 Å². The van der Waals surface area contributed by atoms with Crippen LogP contribution in [0.5, 0.6) is 17.4 Å². The summed E-state index contributed by atoms with van der Waals surface area (Å²) in [6.07, 6.45) is 8.16. The molecular formula is C30H39N3O5. The van der Waals surface area contributed by atoms with E-state index in [9.17, 15) is 9.90 Å². The van der Waals surface area contributed by atoms with E-state index in [1.54, 1.807) is 24.3 Å². The second-order valence-electron chi connectivity index (χ2n) is 12.0. The van der Waals surface area contributed by atoms with E-state index >= 15 is 0 Å². The van der Waals surface area contributed by atoms with Crippen LogP contribution in [0.3, 0.4) is 0 Å². The summed E-state index contributed by atoms with van der Waals surface area (Å²) < 4.78 is 17.3. The first kappa shape index (κ1) is 26.5. The predicted molar refractivity (Wildman–Crippen MR) is 145 cm³/mol. The molecule has 8 nitrogen and oxygen atoms in total. The fourth-order valence-corrected chi connectivity index (χ4v) is 5.60. The Bertz CT molecular complexity index is 1190. The Hall–Kier alpha value is -3.10. The first-order chi connectivity index (χ1) is 18.2. The Balaban J connectivity index is 1.29. The average Bonchev–Trinajstić information content (AvgIpc) is 3.34. The number of fused-ring (bicyclic) bond motifs is 2. The van der Waals surface area contributed by atoms with Gasteiger partial charge in [-0.3, -0.25) is 4.79 Å². The molecule has 8 heteroatoms. The number of hydrogen-bond acceptors (Lipinski definition) is 7. The lowest BCUT2D eigenvalue weighted by atomic mass is 9.73. The molecule has 0 saturated heterocycles. The third-order valence-corrected chi connectivity index (χ3v) is 7.62. The second kappa shape index (κ2) is 10.6. The predicted octanol–water partition coefficient (Wildman–Crippen LogP) is 4.47. The van der Waals surface area contributed by atoms with E-state index in [-0.39, 0.29) is 29.8 Å². The monoisotopic (exact) mass is 521 g/mol.